The van der Waals surface area contributed by atoms with Gasteiger partial charge in [0.1, 0.15) is 17.3 Å². The summed E-state index contributed by atoms with van der Waals surface area (Å²) in [6.45, 7) is 10.1. The van der Waals surface area contributed by atoms with E-state index in [1.54, 1.807) is 12.3 Å². The molecule has 0 radical (unpaired) electrons. The van der Waals surface area contributed by atoms with E-state index in [0.717, 1.165) is 23.1 Å². The van der Waals surface area contributed by atoms with Crippen molar-refractivity contribution in [3.05, 3.63) is 77.1 Å². The minimum atomic E-state index is -0.704. The maximum atomic E-state index is 13.4. The number of hydrogen-bond donors (Lipinski definition) is 1. The highest BCUT2D eigenvalue weighted by molar-refractivity contribution is 5.91. The quantitative estimate of drug-likeness (QED) is 0.412. The van der Waals surface area contributed by atoms with Gasteiger partial charge in [-0.05, 0) is 87.2 Å². The molecule has 1 unspecified atom stereocenters. The number of aromatic amines is 1. The summed E-state index contributed by atoms with van der Waals surface area (Å²) in [6.07, 6.45) is 2.62. The summed E-state index contributed by atoms with van der Waals surface area (Å²) in [5.74, 6) is -0.848. The molecule has 0 aliphatic carbocycles. The van der Waals surface area contributed by atoms with E-state index in [1.807, 2.05) is 77.1 Å². The van der Waals surface area contributed by atoms with Gasteiger partial charge in [-0.15, -0.1) is 0 Å². The van der Waals surface area contributed by atoms with E-state index >= 15 is 0 Å². The maximum Gasteiger partial charge on any atom is 0.337 e. The van der Waals surface area contributed by atoms with Crippen molar-refractivity contribution >= 4 is 11.9 Å². The van der Waals surface area contributed by atoms with Crippen LogP contribution in [-0.4, -0.2) is 36.2 Å². The van der Waals surface area contributed by atoms with Gasteiger partial charge >= 0.3 is 11.9 Å². The Morgan fingerprint density at radius 1 is 1.06 bits per heavy atom. The van der Waals surface area contributed by atoms with Crippen LogP contribution < -0.4 is 4.74 Å². The zero-order valence-corrected chi connectivity index (χ0v) is 20.7. The number of H-pyrrole nitrogens is 1. The van der Waals surface area contributed by atoms with Crippen molar-refractivity contribution in [1.82, 2.24) is 4.98 Å². The fraction of sp³-hybridized carbons (Fsp3) is 0.357. The van der Waals surface area contributed by atoms with Gasteiger partial charge in [-0.25, -0.2) is 4.79 Å². The molecule has 1 aromatic heterocycles. The van der Waals surface area contributed by atoms with E-state index in [9.17, 15) is 9.59 Å². The third kappa shape index (κ3) is 5.87. The van der Waals surface area contributed by atoms with Crippen molar-refractivity contribution in [2.45, 2.75) is 52.6 Å². The van der Waals surface area contributed by atoms with Crippen LogP contribution in [0.2, 0.25) is 0 Å². The normalized spacial score (nSPS) is 12.2. The molecule has 0 aliphatic heterocycles. The lowest BCUT2D eigenvalue weighted by molar-refractivity contribution is -0.155. The van der Waals surface area contributed by atoms with Crippen LogP contribution in [0, 0.1) is 6.92 Å². The predicted molar refractivity (Wildman–Crippen MR) is 132 cm³/mol. The molecule has 1 N–H and O–H groups in total. The first-order valence-corrected chi connectivity index (χ1v) is 11.5. The topological polar surface area (TPSA) is 77.6 Å². The van der Waals surface area contributed by atoms with Crippen LogP contribution in [0.1, 0.15) is 67.2 Å². The van der Waals surface area contributed by atoms with Crippen molar-refractivity contribution < 1.29 is 23.8 Å². The molecule has 0 amide bonds. The molecule has 180 valence electrons. The second-order valence-electron chi connectivity index (χ2n) is 9.21. The molecule has 0 fully saturated rings. The number of benzene rings is 2. The molecule has 1 heterocycles. The highest BCUT2D eigenvalue weighted by Gasteiger charge is 2.32. The Balaban J connectivity index is 2.18. The van der Waals surface area contributed by atoms with Gasteiger partial charge in [0.25, 0.3) is 0 Å². The monoisotopic (exact) mass is 463 g/mol. The van der Waals surface area contributed by atoms with E-state index in [-0.39, 0.29) is 5.97 Å². The second-order valence-corrected chi connectivity index (χ2v) is 9.21. The fourth-order valence-electron chi connectivity index (χ4n) is 3.77. The first-order chi connectivity index (χ1) is 16.1. The van der Waals surface area contributed by atoms with Crippen LogP contribution in [0.4, 0.5) is 0 Å². The van der Waals surface area contributed by atoms with Crippen LogP contribution in [0.3, 0.4) is 0 Å². The highest BCUT2D eigenvalue weighted by atomic mass is 16.6. The molecule has 0 saturated carbocycles. The summed E-state index contributed by atoms with van der Waals surface area (Å²) < 4.78 is 16.7. The second kappa shape index (κ2) is 10.6. The Morgan fingerprint density at radius 3 is 2.44 bits per heavy atom. The van der Waals surface area contributed by atoms with Crippen LogP contribution in [0.25, 0.3) is 11.1 Å². The minimum absolute atomic E-state index is 0.367. The van der Waals surface area contributed by atoms with Crippen molar-refractivity contribution in [2.75, 3.05) is 13.7 Å². The Bertz CT molecular complexity index is 1140. The number of carbonyl (C=O) groups excluding carboxylic acids is 2. The molecule has 34 heavy (non-hydrogen) atoms. The van der Waals surface area contributed by atoms with Crippen molar-refractivity contribution in [3.63, 3.8) is 0 Å². The molecule has 3 aromatic rings. The number of aryl methyl sites for hydroxylation is 1. The summed E-state index contributed by atoms with van der Waals surface area (Å²) in [5.41, 5.74) is 3.97. The van der Waals surface area contributed by atoms with Gasteiger partial charge in [-0.2, -0.15) is 0 Å². The highest BCUT2D eigenvalue weighted by Crippen LogP contribution is 2.37. The van der Waals surface area contributed by atoms with Crippen LogP contribution in [-0.2, 0) is 14.3 Å². The Labute approximate surface area is 201 Å². The van der Waals surface area contributed by atoms with Gasteiger partial charge in [0.05, 0.1) is 19.3 Å². The lowest BCUT2D eigenvalue weighted by atomic mass is 9.90. The number of hydrogen-bond acceptors (Lipinski definition) is 5. The van der Waals surface area contributed by atoms with E-state index in [4.69, 9.17) is 14.2 Å². The zero-order chi connectivity index (χ0) is 24.9. The van der Waals surface area contributed by atoms with Gasteiger partial charge in [0.2, 0.25) is 0 Å². The minimum Gasteiger partial charge on any atom is -0.493 e. The number of aromatic nitrogens is 1. The third-order valence-corrected chi connectivity index (χ3v) is 5.33. The standard InChI is InChI=1S/C28H33NO5/c1-7-15-33-24-13-12-19(21-17-20(26(30)32-6)11-10-18(21)2)16-22(24)25(23-9-8-14-29-23)27(31)34-28(3,4)5/h8-14,16-17,25,29H,7,15H2,1-6H3. The van der Waals surface area contributed by atoms with E-state index < -0.39 is 17.5 Å². The lowest BCUT2D eigenvalue weighted by Gasteiger charge is -2.25. The molecule has 3 rings (SSSR count). The van der Waals surface area contributed by atoms with Crippen molar-refractivity contribution in [1.29, 1.82) is 0 Å². The predicted octanol–water partition coefficient (Wildman–Crippen LogP) is 6.04. The van der Waals surface area contributed by atoms with E-state index in [1.165, 1.54) is 7.11 Å². The smallest absolute Gasteiger partial charge is 0.337 e. The van der Waals surface area contributed by atoms with Crippen molar-refractivity contribution in [2.24, 2.45) is 0 Å². The van der Waals surface area contributed by atoms with Crippen LogP contribution in [0.15, 0.2) is 54.7 Å². The van der Waals surface area contributed by atoms with E-state index in [2.05, 4.69) is 4.98 Å². The number of methoxy groups -OCH3 is 1. The summed E-state index contributed by atoms with van der Waals surface area (Å²) >= 11 is 0. The largest absolute Gasteiger partial charge is 0.493 e. The molecule has 0 saturated heterocycles. The number of carbonyl (C=O) groups is 2. The summed E-state index contributed by atoms with van der Waals surface area (Å²) in [4.78, 5) is 28.7. The molecule has 0 aliphatic rings. The summed E-state index contributed by atoms with van der Waals surface area (Å²) in [6, 6.07) is 14.9. The average Bonchev–Trinajstić information content (AvgIpc) is 3.31. The summed E-state index contributed by atoms with van der Waals surface area (Å²) in [5, 5.41) is 0. The Kier molecular flexibility index (Phi) is 7.82. The van der Waals surface area contributed by atoms with E-state index in [0.29, 0.717) is 29.2 Å². The number of esters is 2. The Morgan fingerprint density at radius 2 is 1.82 bits per heavy atom. The molecule has 6 nitrogen and oxygen atoms in total. The maximum absolute atomic E-state index is 13.4. The number of rotatable bonds is 8. The van der Waals surface area contributed by atoms with Gasteiger partial charge in [0.15, 0.2) is 0 Å². The number of nitrogens with one attached hydrogen (secondary N) is 1. The van der Waals surface area contributed by atoms with Gasteiger partial charge < -0.3 is 19.2 Å². The summed E-state index contributed by atoms with van der Waals surface area (Å²) in [7, 11) is 1.36. The lowest BCUT2D eigenvalue weighted by Crippen LogP contribution is -2.28. The molecule has 0 spiro atoms. The van der Waals surface area contributed by atoms with Crippen molar-refractivity contribution in [3.8, 4) is 16.9 Å². The Hall–Kier alpha value is -3.54. The molecule has 2 aromatic carbocycles. The molecule has 6 heteroatoms. The van der Waals surface area contributed by atoms with Gasteiger partial charge in [-0.1, -0.05) is 19.1 Å². The SMILES string of the molecule is CCCOc1ccc(-c2cc(C(=O)OC)ccc2C)cc1C(C(=O)OC(C)(C)C)c1ccc[nH]1. The molecule has 0 bridgehead atoms. The van der Waals surface area contributed by atoms with Gasteiger partial charge in [0, 0.05) is 17.5 Å². The third-order valence-electron chi connectivity index (χ3n) is 5.33. The molecular weight excluding hydrogens is 430 g/mol. The van der Waals surface area contributed by atoms with Crippen LogP contribution >= 0.6 is 0 Å². The molecular formula is C28H33NO5. The van der Waals surface area contributed by atoms with Gasteiger partial charge in [-0.3, -0.25) is 4.79 Å². The number of ether oxygens (including phenoxy) is 3. The average molecular weight is 464 g/mol. The fourth-order valence-corrected chi connectivity index (χ4v) is 3.77. The first-order valence-electron chi connectivity index (χ1n) is 11.5. The first kappa shape index (κ1) is 25.1. The van der Waals surface area contributed by atoms with Crippen LogP contribution in [0.5, 0.6) is 5.75 Å². The zero-order valence-electron chi connectivity index (χ0n) is 20.7. The molecule has 1 atom stereocenters.